The van der Waals surface area contributed by atoms with E-state index in [4.69, 9.17) is 0 Å². The van der Waals surface area contributed by atoms with Crippen molar-refractivity contribution in [3.8, 4) is 0 Å². The molecule has 1 heterocycles. The van der Waals surface area contributed by atoms with Crippen molar-refractivity contribution in [2.45, 2.75) is 11.3 Å². The van der Waals surface area contributed by atoms with Crippen LogP contribution in [0.15, 0.2) is 41.3 Å². The van der Waals surface area contributed by atoms with Crippen molar-refractivity contribution in [1.82, 2.24) is 0 Å². The van der Waals surface area contributed by atoms with Crippen molar-refractivity contribution >= 4 is 20.6 Å². The van der Waals surface area contributed by atoms with Gasteiger partial charge in [-0.05, 0) is 17.4 Å². The van der Waals surface area contributed by atoms with Gasteiger partial charge in [-0.1, -0.05) is 36.4 Å². The molecule has 76 valence electrons. The lowest BCUT2D eigenvalue weighted by Gasteiger charge is -2.03. The Morgan fingerprint density at radius 3 is 2.67 bits per heavy atom. The second-order valence-electron chi connectivity index (χ2n) is 3.84. The summed E-state index contributed by atoms with van der Waals surface area (Å²) in [5.74, 6) is 0.260. The summed E-state index contributed by atoms with van der Waals surface area (Å²) >= 11 is 0. The number of sulfone groups is 1. The van der Waals surface area contributed by atoms with E-state index in [0.717, 1.165) is 16.3 Å². The van der Waals surface area contributed by atoms with Gasteiger partial charge in [-0.15, -0.1) is 0 Å². The Morgan fingerprint density at radius 1 is 1.00 bits per heavy atom. The number of benzene rings is 2. The quantitative estimate of drug-likeness (QED) is 0.679. The van der Waals surface area contributed by atoms with E-state index in [9.17, 15) is 8.42 Å². The van der Waals surface area contributed by atoms with E-state index in [0.29, 0.717) is 11.3 Å². The third-order valence-electron chi connectivity index (χ3n) is 2.91. The van der Waals surface area contributed by atoms with Crippen molar-refractivity contribution in [3.63, 3.8) is 0 Å². The number of fused-ring (bicyclic) bond motifs is 3. The van der Waals surface area contributed by atoms with Gasteiger partial charge >= 0.3 is 0 Å². The van der Waals surface area contributed by atoms with Gasteiger partial charge in [0.1, 0.15) is 0 Å². The highest BCUT2D eigenvalue weighted by molar-refractivity contribution is 7.92. The van der Waals surface area contributed by atoms with Gasteiger partial charge < -0.3 is 0 Å². The maximum Gasteiger partial charge on any atom is 0.179 e. The van der Waals surface area contributed by atoms with E-state index in [2.05, 4.69) is 0 Å². The van der Waals surface area contributed by atoms with E-state index in [-0.39, 0.29) is 5.75 Å². The summed E-state index contributed by atoms with van der Waals surface area (Å²) in [5.41, 5.74) is 0.966. The highest BCUT2D eigenvalue weighted by Crippen LogP contribution is 2.32. The van der Waals surface area contributed by atoms with Crippen LogP contribution in [-0.4, -0.2) is 14.2 Å². The van der Waals surface area contributed by atoms with Gasteiger partial charge in [-0.25, -0.2) is 8.42 Å². The van der Waals surface area contributed by atoms with Crippen LogP contribution in [0.25, 0.3) is 10.8 Å². The van der Waals surface area contributed by atoms with Gasteiger partial charge in [0.2, 0.25) is 0 Å². The molecule has 0 spiro atoms. The minimum atomic E-state index is -3.03. The fourth-order valence-electron chi connectivity index (χ4n) is 2.20. The van der Waals surface area contributed by atoms with Gasteiger partial charge in [0.05, 0.1) is 10.6 Å². The largest absolute Gasteiger partial charge is 0.224 e. The summed E-state index contributed by atoms with van der Waals surface area (Å²) in [6.45, 7) is 0. The van der Waals surface area contributed by atoms with Crippen molar-refractivity contribution in [3.05, 3.63) is 42.0 Å². The minimum Gasteiger partial charge on any atom is -0.224 e. The Kier molecular flexibility index (Phi) is 1.68. The molecule has 2 aromatic carbocycles. The summed E-state index contributed by atoms with van der Waals surface area (Å²) in [4.78, 5) is 0.556. The Balaban J connectivity index is 2.54. The lowest BCUT2D eigenvalue weighted by Crippen LogP contribution is -1.99. The Hall–Kier alpha value is -1.35. The SMILES string of the molecule is O=S1(=O)CCc2ccc3ccccc3c21. The molecule has 0 unspecified atom stereocenters. The van der Waals surface area contributed by atoms with Crippen LogP contribution in [0.2, 0.25) is 0 Å². The smallest absolute Gasteiger partial charge is 0.179 e. The van der Waals surface area contributed by atoms with Crippen LogP contribution in [0.4, 0.5) is 0 Å². The molecule has 0 aliphatic carbocycles. The standard InChI is InChI=1S/C12H10O2S/c13-15(14)8-7-10-6-5-9-3-1-2-4-11(9)12(10)15/h1-6H,7-8H2. The fourth-order valence-corrected chi connectivity index (χ4v) is 3.98. The number of rotatable bonds is 0. The summed E-state index contributed by atoms with van der Waals surface area (Å²) < 4.78 is 23.7. The minimum absolute atomic E-state index is 0.260. The molecule has 0 atom stereocenters. The van der Waals surface area contributed by atoms with Crippen LogP contribution in [-0.2, 0) is 16.3 Å². The summed E-state index contributed by atoms with van der Waals surface area (Å²) in [5, 5.41) is 1.87. The average molecular weight is 218 g/mol. The summed E-state index contributed by atoms with van der Waals surface area (Å²) in [6, 6.07) is 11.6. The zero-order valence-electron chi connectivity index (χ0n) is 8.10. The summed E-state index contributed by atoms with van der Waals surface area (Å²) in [6.07, 6.45) is 0.655. The van der Waals surface area contributed by atoms with E-state index in [1.807, 2.05) is 36.4 Å². The first-order valence-corrected chi connectivity index (χ1v) is 6.57. The Morgan fingerprint density at radius 2 is 1.80 bits per heavy atom. The summed E-state index contributed by atoms with van der Waals surface area (Å²) in [7, 11) is -3.03. The first-order valence-electron chi connectivity index (χ1n) is 4.92. The molecule has 0 saturated carbocycles. The van der Waals surface area contributed by atoms with Crippen molar-refractivity contribution < 1.29 is 8.42 Å². The molecular weight excluding hydrogens is 208 g/mol. The molecule has 1 aliphatic rings. The molecule has 15 heavy (non-hydrogen) atoms. The predicted molar refractivity (Wildman–Crippen MR) is 59.7 cm³/mol. The molecule has 2 nitrogen and oxygen atoms in total. The van der Waals surface area contributed by atoms with E-state index < -0.39 is 9.84 Å². The van der Waals surface area contributed by atoms with Gasteiger partial charge in [-0.2, -0.15) is 0 Å². The third-order valence-corrected chi connectivity index (χ3v) is 4.76. The second-order valence-corrected chi connectivity index (χ2v) is 5.89. The van der Waals surface area contributed by atoms with Crippen molar-refractivity contribution in [1.29, 1.82) is 0 Å². The van der Waals surface area contributed by atoms with Crippen molar-refractivity contribution in [2.75, 3.05) is 5.75 Å². The third kappa shape index (κ3) is 1.20. The van der Waals surface area contributed by atoms with E-state index in [1.165, 1.54) is 0 Å². The van der Waals surface area contributed by atoms with Gasteiger partial charge in [0.25, 0.3) is 0 Å². The maximum atomic E-state index is 11.9. The molecule has 0 saturated heterocycles. The second kappa shape index (κ2) is 2.83. The Labute approximate surface area is 88.5 Å². The van der Waals surface area contributed by atoms with Crippen molar-refractivity contribution in [2.24, 2.45) is 0 Å². The molecule has 3 heteroatoms. The first kappa shape index (κ1) is 8.92. The zero-order valence-corrected chi connectivity index (χ0v) is 8.92. The van der Waals surface area contributed by atoms with Gasteiger partial charge in [0.15, 0.2) is 9.84 Å². The predicted octanol–water partition coefficient (Wildman–Crippen LogP) is 2.17. The highest BCUT2D eigenvalue weighted by atomic mass is 32.2. The van der Waals surface area contributed by atoms with E-state index >= 15 is 0 Å². The Bertz CT molecular complexity index is 642. The number of hydrogen-bond acceptors (Lipinski definition) is 2. The van der Waals surface area contributed by atoms with Gasteiger partial charge in [0, 0.05) is 5.39 Å². The van der Waals surface area contributed by atoms with Crippen LogP contribution in [0.3, 0.4) is 0 Å². The molecule has 0 amide bonds. The highest BCUT2D eigenvalue weighted by Gasteiger charge is 2.27. The monoisotopic (exact) mass is 218 g/mol. The molecule has 0 bridgehead atoms. The average Bonchev–Trinajstić information content (AvgIpc) is 2.55. The molecule has 0 N–H and O–H groups in total. The molecular formula is C12H10O2S. The zero-order chi connectivity index (χ0) is 10.5. The van der Waals surface area contributed by atoms with Crippen LogP contribution >= 0.6 is 0 Å². The molecule has 1 aliphatic heterocycles. The topological polar surface area (TPSA) is 34.1 Å². The fraction of sp³-hybridized carbons (Fsp3) is 0.167. The van der Waals surface area contributed by atoms with E-state index in [1.54, 1.807) is 0 Å². The number of aryl methyl sites for hydroxylation is 1. The van der Waals surface area contributed by atoms with Crippen LogP contribution in [0.5, 0.6) is 0 Å². The molecule has 2 aromatic rings. The number of hydrogen-bond donors (Lipinski definition) is 0. The van der Waals surface area contributed by atoms with Gasteiger partial charge in [-0.3, -0.25) is 0 Å². The maximum absolute atomic E-state index is 11.9. The molecule has 0 radical (unpaired) electrons. The first-order chi connectivity index (χ1) is 7.18. The van der Waals surface area contributed by atoms with Crippen LogP contribution < -0.4 is 0 Å². The molecule has 0 aromatic heterocycles. The molecule has 3 rings (SSSR count). The van der Waals surface area contributed by atoms with Crippen LogP contribution in [0, 0.1) is 0 Å². The lowest BCUT2D eigenvalue weighted by atomic mass is 10.1. The lowest BCUT2D eigenvalue weighted by molar-refractivity contribution is 0.600. The van der Waals surface area contributed by atoms with Crippen LogP contribution in [0.1, 0.15) is 5.56 Å². The molecule has 0 fully saturated rings. The normalized spacial score (nSPS) is 17.9.